The van der Waals surface area contributed by atoms with Gasteiger partial charge in [-0.25, -0.2) is 0 Å². The average molecular weight is 252 g/mol. The predicted octanol–water partition coefficient (Wildman–Crippen LogP) is 3.66. The van der Waals surface area contributed by atoms with E-state index in [4.69, 9.17) is 4.74 Å². The first-order valence-corrected chi connectivity index (χ1v) is 6.14. The van der Waals surface area contributed by atoms with Crippen LogP contribution < -0.4 is 10.2 Å². The van der Waals surface area contributed by atoms with Crippen LogP contribution >= 0.6 is 0 Å². The summed E-state index contributed by atoms with van der Waals surface area (Å²) in [5, 5.41) is 0. The van der Waals surface area contributed by atoms with Crippen LogP contribution in [0, 0.1) is 0 Å². The molecular weight excluding hydrogens is 236 g/mol. The van der Waals surface area contributed by atoms with Gasteiger partial charge in [0.05, 0.1) is 0 Å². The van der Waals surface area contributed by atoms with Crippen molar-refractivity contribution in [3.05, 3.63) is 82.5 Å². The summed E-state index contributed by atoms with van der Waals surface area (Å²) in [6.45, 7) is 6.02. The fraction of sp³-hybridized carbons (Fsp3) is 0.118. The molecule has 0 aliphatic carbocycles. The number of allylic oxidation sites excluding steroid dienone is 1. The van der Waals surface area contributed by atoms with Crippen molar-refractivity contribution in [1.82, 2.24) is 0 Å². The molecule has 0 N–H and O–H groups in total. The van der Waals surface area contributed by atoms with Gasteiger partial charge in [-0.05, 0) is 24.1 Å². The van der Waals surface area contributed by atoms with Gasteiger partial charge in [-0.2, -0.15) is 0 Å². The zero-order valence-corrected chi connectivity index (χ0v) is 10.9. The molecule has 2 rings (SSSR count). The predicted molar refractivity (Wildman–Crippen MR) is 78.2 cm³/mol. The second-order valence-corrected chi connectivity index (χ2v) is 4.38. The molecule has 2 aromatic rings. The maximum absolute atomic E-state index is 12.2. The molecular formula is C17H16O2. The standard InChI is InChI=1S/C17H16O2/c1-13(2)15-10-6-7-11-16(17(15)18)19-12-14-8-4-3-5-9-14/h3-11H,1,12H2,2H3. The van der Waals surface area contributed by atoms with Crippen molar-refractivity contribution in [2.45, 2.75) is 13.5 Å². The molecule has 0 aromatic heterocycles. The molecule has 0 fully saturated rings. The van der Waals surface area contributed by atoms with E-state index >= 15 is 0 Å². The van der Waals surface area contributed by atoms with Gasteiger partial charge in [0, 0.05) is 5.56 Å². The molecule has 0 aliphatic rings. The number of ether oxygens (including phenoxy) is 1. The van der Waals surface area contributed by atoms with Gasteiger partial charge in [-0.15, -0.1) is 0 Å². The minimum Gasteiger partial charge on any atom is -0.485 e. The molecule has 0 saturated heterocycles. The van der Waals surface area contributed by atoms with E-state index in [-0.39, 0.29) is 5.43 Å². The first kappa shape index (κ1) is 13.1. The lowest BCUT2D eigenvalue weighted by Gasteiger charge is -2.04. The topological polar surface area (TPSA) is 26.3 Å². The molecule has 0 spiro atoms. The minimum absolute atomic E-state index is 0.117. The summed E-state index contributed by atoms with van der Waals surface area (Å²) in [5.41, 5.74) is 2.25. The fourth-order valence-electron chi connectivity index (χ4n) is 1.76. The number of hydrogen-bond acceptors (Lipinski definition) is 2. The molecule has 19 heavy (non-hydrogen) atoms. The molecule has 0 radical (unpaired) electrons. The molecule has 2 heteroatoms. The Balaban J connectivity index is 2.27. The van der Waals surface area contributed by atoms with Crippen LogP contribution in [0.3, 0.4) is 0 Å². The number of hydrogen-bond donors (Lipinski definition) is 0. The summed E-state index contributed by atoms with van der Waals surface area (Å²) >= 11 is 0. The van der Waals surface area contributed by atoms with Gasteiger partial charge in [-0.1, -0.05) is 55.1 Å². The Bertz CT molecular complexity index is 630. The molecule has 96 valence electrons. The van der Waals surface area contributed by atoms with Crippen molar-refractivity contribution in [3.63, 3.8) is 0 Å². The zero-order valence-electron chi connectivity index (χ0n) is 10.9. The van der Waals surface area contributed by atoms with Gasteiger partial charge >= 0.3 is 0 Å². The highest BCUT2D eigenvalue weighted by molar-refractivity contribution is 5.61. The van der Waals surface area contributed by atoms with Crippen molar-refractivity contribution in [2.75, 3.05) is 0 Å². The number of benzene rings is 1. The van der Waals surface area contributed by atoms with E-state index in [2.05, 4.69) is 6.58 Å². The summed E-state index contributed by atoms with van der Waals surface area (Å²) in [6.07, 6.45) is 0. The van der Waals surface area contributed by atoms with Crippen LogP contribution in [0.5, 0.6) is 5.75 Å². The maximum Gasteiger partial charge on any atom is 0.227 e. The Kier molecular flexibility index (Phi) is 4.14. The van der Waals surface area contributed by atoms with Gasteiger partial charge in [0.15, 0.2) is 5.75 Å². The Hall–Kier alpha value is -2.35. The van der Waals surface area contributed by atoms with Crippen LogP contribution in [-0.2, 0) is 6.61 Å². The Labute approximate surface area is 113 Å². The molecule has 2 nitrogen and oxygen atoms in total. The Morgan fingerprint density at radius 2 is 1.68 bits per heavy atom. The monoisotopic (exact) mass is 252 g/mol. The Morgan fingerprint density at radius 3 is 2.37 bits per heavy atom. The largest absolute Gasteiger partial charge is 0.485 e. The van der Waals surface area contributed by atoms with Gasteiger partial charge in [-0.3, -0.25) is 4.79 Å². The van der Waals surface area contributed by atoms with Crippen molar-refractivity contribution < 1.29 is 4.74 Å². The zero-order chi connectivity index (χ0) is 13.7. The average Bonchev–Trinajstić information content (AvgIpc) is 2.60. The molecule has 0 bridgehead atoms. The highest BCUT2D eigenvalue weighted by Gasteiger charge is 2.05. The number of rotatable bonds is 4. The van der Waals surface area contributed by atoms with E-state index in [1.165, 1.54) is 0 Å². The van der Waals surface area contributed by atoms with Crippen LogP contribution in [0.2, 0.25) is 0 Å². The van der Waals surface area contributed by atoms with E-state index in [9.17, 15) is 4.79 Å². The highest BCUT2D eigenvalue weighted by Crippen LogP contribution is 2.11. The lowest BCUT2D eigenvalue weighted by Crippen LogP contribution is -2.09. The normalized spacial score (nSPS) is 9.95. The SMILES string of the molecule is C=C(C)c1ccccc(OCc2ccccc2)c1=O. The van der Waals surface area contributed by atoms with Crippen LogP contribution in [0.4, 0.5) is 0 Å². The van der Waals surface area contributed by atoms with E-state index in [1.807, 2.05) is 43.3 Å². The van der Waals surface area contributed by atoms with Gasteiger partial charge in [0.2, 0.25) is 5.43 Å². The molecule has 0 heterocycles. The van der Waals surface area contributed by atoms with Crippen molar-refractivity contribution in [2.24, 2.45) is 0 Å². The third kappa shape index (κ3) is 3.32. The van der Waals surface area contributed by atoms with E-state index in [0.717, 1.165) is 11.1 Å². The van der Waals surface area contributed by atoms with Crippen molar-refractivity contribution >= 4 is 5.57 Å². The molecule has 0 unspecified atom stereocenters. The molecule has 0 amide bonds. The van der Waals surface area contributed by atoms with E-state index in [1.54, 1.807) is 18.2 Å². The summed E-state index contributed by atoms with van der Waals surface area (Å²) in [5.74, 6) is 0.354. The third-order valence-corrected chi connectivity index (χ3v) is 2.79. The summed E-state index contributed by atoms with van der Waals surface area (Å²) in [6, 6.07) is 16.8. The second kappa shape index (κ2) is 6.01. The molecule has 0 atom stereocenters. The first-order valence-electron chi connectivity index (χ1n) is 6.14. The van der Waals surface area contributed by atoms with Crippen LogP contribution in [0.15, 0.2) is 66.0 Å². The second-order valence-electron chi connectivity index (χ2n) is 4.38. The van der Waals surface area contributed by atoms with E-state index < -0.39 is 0 Å². The molecule has 0 aliphatic heterocycles. The van der Waals surface area contributed by atoms with Crippen LogP contribution in [0.1, 0.15) is 18.1 Å². The lowest BCUT2D eigenvalue weighted by atomic mass is 10.1. The summed E-state index contributed by atoms with van der Waals surface area (Å²) in [4.78, 5) is 12.2. The molecule has 0 saturated carbocycles. The van der Waals surface area contributed by atoms with Gasteiger partial charge in [0.25, 0.3) is 0 Å². The quantitative estimate of drug-likeness (QED) is 0.830. The first-order chi connectivity index (χ1) is 9.18. The van der Waals surface area contributed by atoms with Gasteiger partial charge < -0.3 is 4.74 Å². The highest BCUT2D eigenvalue weighted by atomic mass is 16.5. The van der Waals surface area contributed by atoms with Crippen LogP contribution in [0.25, 0.3) is 5.57 Å². The van der Waals surface area contributed by atoms with Crippen molar-refractivity contribution in [3.8, 4) is 5.75 Å². The fourth-order valence-corrected chi connectivity index (χ4v) is 1.76. The molecule has 2 aromatic carbocycles. The van der Waals surface area contributed by atoms with Crippen LogP contribution in [-0.4, -0.2) is 0 Å². The summed E-state index contributed by atoms with van der Waals surface area (Å²) < 4.78 is 5.62. The lowest BCUT2D eigenvalue weighted by molar-refractivity contribution is 0.303. The van der Waals surface area contributed by atoms with Gasteiger partial charge in [0.1, 0.15) is 6.61 Å². The smallest absolute Gasteiger partial charge is 0.227 e. The minimum atomic E-state index is -0.117. The van der Waals surface area contributed by atoms with E-state index in [0.29, 0.717) is 17.9 Å². The third-order valence-electron chi connectivity index (χ3n) is 2.79. The Morgan fingerprint density at radius 1 is 1.05 bits per heavy atom. The van der Waals surface area contributed by atoms with Crippen molar-refractivity contribution in [1.29, 1.82) is 0 Å². The maximum atomic E-state index is 12.2. The summed E-state index contributed by atoms with van der Waals surface area (Å²) in [7, 11) is 0.